The molecule has 0 atom stereocenters. The van der Waals surface area contributed by atoms with Gasteiger partial charge in [-0.15, -0.1) is 0 Å². The van der Waals surface area contributed by atoms with E-state index in [2.05, 4.69) is 22.6 Å². The molecule has 0 spiro atoms. The summed E-state index contributed by atoms with van der Waals surface area (Å²) >= 11 is 4.39. The second-order valence-electron chi connectivity index (χ2n) is 6.20. The summed E-state index contributed by atoms with van der Waals surface area (Å²) in [6.45, 7) is 10.6. The summed E-state index contributed by atoms with van der Waals surface area (Å²) in [6, 6.07) is 0.378. The van der Waals surface area contributed by atoms with Crippen LogP contribution in [0.2, 0.25) is 0 Å². The molecule has 120 valence electrons. The minimum atomic E-state index is -0.408. The van der Waals surface area contributed by atoms with E-state index < -0.39 is 7.12 Å². The van der Waals surface area contributed by atoms with E-state index in [9.17, 15) is 0 Å². The first-order valence-electron chi connectivity index (χ1n) is 7.41. The topological polar surface area (TPSA) is 53.5 Å². The molecule has 2 heterocycles. The molecular formula is C15H23BN2O3S. The van der Waals surface area contributed by atoms with Crippen LogP contribution in [-0.2, 0) is 9.31 Å². The van der Waals surface area contributed by atoms with Gasteiger partial charge >= 0.3 is 13.1 Å². The Bertz CT molecular complexity index is 530. The van der Waals surface area contributed by atoms with Gasteiger partial charge < -0.3 is 14.0 Å². The van der Waals surface area contributed by atoms with Crippen LogP contribution in [0.15, 0.2) is 17.9 Å². The summed E-state index contributed by atoms with van der Waals surface area (Å²) in [4.78, 5) is 8.31. The molecule has 1 aromatic heterocycles. The fraction of sp³-hybridized carbons (Fsp3) is 0.600. The summed E-state index contributed by atoms with van der Waals surface area (Å²) < 4.78 is 17.3. The van der Waals surface area contributed by atoms with Gasteiger partial charge in [-0.05, 0) is 40.1 Å². The Morgan fingerprint density at radius 1 is 1.23 bits per heavy atom. The first-order chi connectivity index (χ1) is 10.3. The number of hydrogen-bond donors (Lipinski definition) is 1. The van der Waals surface area contributed by atoms with Crippen LogP contribution in [0.4, 0.5) is 0 Å². The van der Waals surface area contributed by atoms with Gasteiger partial charge in [-0.3, -0.25) is 0 Å². The predicted molar refractivity (Wildman–Crippen MR) is 91.1 cm³/mol. The van der Waals surface area contributed by atoms with Crippen LogP contribution in [0.5, 0.6) is 6.01 Å². The van der Waals surface area contributed by atoms with E-state index in [4.69, 9.17) is 14.0 Å². The molecule has 0 bridgehead atoms. The lowest BCUT2D eigenvalue weighted by Crippen LogP contribution is -2.41. The molecule has 0 N–H and O–H groups in total. The third-order valence-corrected chi connectivity index (χ3v) is 4.38. The van der Waals surface area contributed by atoms with E-state index in [0.29, 0.717) is 18.4 Å². The summed E-state index contributed by atoms with van der Waals surface area (Å²) in [6.07, 6.45) is 5.38. The van der Waals surface area contributed by atoms with Crippen LogP contribution in [-0.4, -0.2) is 40.6 Å². The van der Waals surface area contributed by atoms with Gasteiger partial charge in [0.15, 0.2) is 0 Å². The third-order valence-electron chi connectivity index (χ3n) is 4.01. The number of hydrogen-bond acceptors (Lipinski definition) is 6. The lowest BCUT2D eigenvalue weighted by atomic mass is 9.78. The molecule has 0 aliphatic carbocycles. The highest BCUT2D eigenvalue weighted by atomic mass is 32.1. The van der Waals surface area contributed by atoms with Crippen molar-refractivity contribution in [1.82, 2.24) is 9.97 Å². The van der Waals surface area contributed by atoms with Crippen LogP contribution in [0.3, 0.4) is 0 Å². The molecule has 5 nitrogen and oxygen atoms in total. The summed E-state index contributed by atoms with van der Waals surface area (Å²) in [7, 11) is -0.408. The lowest BCUT2D eigenvalue weighted by molar-refractivity contribution is 0.00578. The minimum absolute atomic E-state index is 0.366. The van der Waals surface area contributed by atoms with E-state index in [0.717, 1.165) is 11.0 Å². The number of ether oxygens (including phenoxy) is 1. The molecule has 1 saturated heterocycles. The Hall–Kier alpha value is -1.05. The molecule has 2 rings (SSSR count). The molecule has 1 aromatic rings. The molecule has 7 heteroatoms. The Morgan fingerprint density at radius 3 is 2.23 bits per heavy atom. The van der Waals surface area contributed by atoms with Gasteiger partial charge in [0.05, 0.1) is 17.8 Å². The Kier molecular flexibility index (Phi) is 5.19. The van der Waals surface area contributed by atoms with Crippen molar-refractivity contribution in [2.75, 3.05) is 12.4 Å². The average Bonchev–Trinajstić information content (AvgIpc) is 2.67. The van der Waals surface area contributed by atoms with Gasteiger partial charge in [0.2, 0.25) is 0 Å². The number of rotatable bonds is 5. The van der Waals surface area contributed by atoms with Crippen molar-refractivity contribution in [2.24, 2.45) is 0 Å². The Balaban J connectivity index is 2.18. The second-order valence-corrected chi connectivity index (χ2v) is 6.51. The quantitative estimate of drug-likeness (QED) is 0.667. The second kappa shape index (κ2) is 6.60. The molecule has 1 fully saturated rings. The molecule has 0 amide bonds. The summed E-state index contributed by atoms with van der Waals surface area (Å²) in [5, 5.41) is 0. The maximum absolute atomic E-state index is 6.05. The Labute approximate surface area is 138 Å². The zero-order valence-corrected chi connectivity index (χ0v) is 14.7. The molecule has 0 unspecified atom stereocenters. The molecular weight excluding hydrogens is 299 g/mol. The average molecular weight is 322 g/mol. The normalized spacial score (nSPS) is 20.3. The van der Waals surface area contributed by atoms with E-state index in [1.807, 2.05) is 40.7 Å². The van der Waals surface area contributed by atoms with E-state index in [-0.39, 0.29) is 11.2 Å². The van der Waals surface area contributed by atoms with E-state index in [1.165, 1.54) is 0 Å². The molecule has 1 aliphatic rings. The zero-order chi connectivity index (χ0) is 16.4. The van der Waals surface area contributed by atoms with Gasteiger partial charge in [0, 0.05) is 23.7 Å². The van der Waals surface area contributed by atoms with E-state index >= 15 is 0 Å². The number of thiol groups is 1. The fourth-order valence-electron chi connectivity index (χ4n) is 2.00. The SMILES string of the molecule is CCOc1ncc(C=C(CS)B2OC(C)(C)C(C)(C)O2)cn1. The first kappa shape index (κ1) is 17.3. The van der Waals surface area contributed by atoms with Crippen LogP contribution < -0.4 is 4.74 Å². The van der Waals surface area contributed by atoms with Crippen LogP contribution in [0.1, 0.15) is 40.2 Å². The van der Waals surface area contributed by atoms with Crippen LogP contribution >= 0.6 is 12.6 Å². The van der Waals surface area contributed by atoms with Crippen molar-refractivity contribution in [3.63, 3.8) is 0 Å². The fourth-order valence-corrected chi connectivity index (χ4v) is 2.24. The molecule has 0 radical (unpaired) electrons. The standard InChI is InChI=1S/C15H23BN2O3S/c1-6-19-13-17-8-11(9-18-13)7-12(10-22)16-20-14(2,3)15(4,5)21-16/h7-9,22H,6,10H2,1-5H3. The highest BCUT2D eigenvalue weighted by molar-refractivity contribution is 7.80. The highest BCUT2D eigenvalue weighted by Crippen LogP contribution is 2.38. The van der Waals surface area contributed by atoms with Gasteiger partial charge in [0.1, 0.15) is 0 Å². The van der Waals surface area contributed by atoms with Gasteiger partial charge in [-0.2, -0.15) is 12.6 Å². The minimum Gasteiger partial charge on any atom is -0.464 e. The first-order valence-corrected chi connectivity index (χ1v) is 8.04. The van der Waals surface area contributed by atoms with Crippen molar-refractivity contribution in [3.05, 3.63) is 23.4 Å². The van der Waals surface area contributed by atoms with Crippen molar-refractivity contribution in [1.29, 1.82) is 0 Å². The molecule has 0 saturated carbocycles. The smallest absolute Gasteiger partial charge is 0.464 e. The van der Waals surface area contributed by atoms with Gasteiger partial charge in [0.25, 0.3) is 0 Å². The monoisotopic (exact) mass is 322 g/mol. The van der Waals surface area contributed by atoms with Crippen LogP contribution in [0.25, 0.3) is 6.08 Å². The molecule has 22 heavy (non-hydrogen) atoms. The maximum atomic E-state index is 6.05. The van der Waals surface area contributed by atoms with Crippen molar-refractivity contribution < 1.29 is 14.0 Å². The molecule has 1 aliphatic heterocycles. The Morgan fingerprint density at radius 2 is 1.77 bits per heavy atom. The highest BCUT2D eigenvalue weighted by Gasteiger charge is 2.52. The summed E-state index contributed by atoms with van der Waals surface area (Å²) in [5.74, 6) is 0.532. The van der Waals surface area contributed by atoms with Gasteiger partial charge in [-0.1, -0.05) is 6.08 Å². The predicted octanol–water partition coefficient (Wildman–Crippen LogP) is 2.82. The maximum Gasteiger partial charge on any atom is 0.491 e. The van der Waals surface area contributed by atoms with E-state index in [1.54, 1.807) is 12.4 Å². The largest absolute Gasteiger partial charge is 0.491 e. The number of aromatic nitrogens is 2. The number of nitrogens with zero attached hydrogens (tertiary/aromatic N) is 2. The van der Waals surface area contributed by atoms with Crippen molar-refractivity contribution >= 4 is 25.8 Å². The van der Waals surface area contributed by atoms with Crippen molar-refractivity contribution in [3.8, 4) is 6.01 Å². The van der Waals surface area contributed by atoms with Crippen molar-refractivity contribution in [2.45, 2.75) is 45.8 Å². The summed E-state index contributed by atoms with van der Waals surface area (Å²) in [5.41, 5.74) is 1.07. The molecule has 0 aromatic carbocycles. The lowest BCUT2D eigenvalue weighted by Gasteiger charge is -2.32. The zero-order valence-electron chi connectivity index (χ0n) is 13.8. The van der Waals surface area contributed by atoms with Crippen LogP contribution in [0, 0.1) is 0 Å². The third kappa shape index (κ3) is 3.64. The van der Waals surface area contributed by atoms with Gasteiger partial charge in [-0.25, -0.2) is 9.97 Å².